The summed E-state index contributed by atoms with van der Waals surface area (Å²) in [5.41, 5.74) is 4.93. The summed E-state index contributed by atoms with van der Waals surface area (Å²) in [5.74, 6) is 0.832. The van der Waals surface area contributed by atoms with E-state index in [9.17, 15) is 0 Å². The third-order valence-electron chi connectivity index (χ3n) is 2.92. The quantitative estimate of drug-likeness (QED) is 0.509. The Bertz CT molecular complexity index is 783. The minimum absolute atomic E-state index is 0.644. The Morgan fingerprint density at radius 2 is 2.18 bits per heavy atom. The van der Waals surface area contributed by atoms with Crippen molar-refractivity contribution in [3.8, 4) is 5.75 Å². The standard InChI is InChI=1S/C16H14BrN3OS/c1-2-21-14-8-7-11(9-12(14)17)10-18-20-16-19-13-5-3-4-6-15(13)22-16/h3-10H,2H2,1H3,(H,19,20)/b18-10-. The fraction of sp³-hybridized carbons (Fsp3) is 0.125. The second-order valence-corrected chi connectivity index (χ2v) is 6.36. The highest BCUT2D eigenvalue weighted by atomic mass is 79.9. The van der Waals surface area contributed by atoms with Gasteiger partial charge in [-0.15, -0.1) is 0 Å². The first-order valence-electron chi connectivity index (χ1n) is 6.83. The maximum atomic E-state index is 5.48. The smallest absolute Gasteiger partial charge is 0.204 e. The highest BCUT2D eigenvalue weighted by Crippen LogP contribution is 2.26. The van der Waals surface area contributed by atoms with Crippen LogP contribution in [0.5, 0.6) is 5.75 Å². The van der Waals surface area contributed by atoms with Gasteiger partial charge in [0, 0.05) is 0 Å². The summed E-state index contributed by atoms with van der Waals surface area (Å²) in [4.78, 5) is 4.46. The molecule has 0 radical (unpaired) electrons. The molecule has 0 fully saturated rings. The van der Waals surface area contributed by atoms with Gasteiger partial charge in [-0.2, -0.15) is 5.10 Å². The number of anilines is 1. The minimum atomic E-state index is 0.644. The molecule has 0 aliphatic carbocycles. The van der Waals surface area contributed by atoms with Gasteiger partial charge in [-0.3, -0.25) is 5.43 Å². The van der Waals surface area contributed by atoms with Crippen molar-refractivity contribution in [3.05, 3.63) is 52.5 Å². The van der Waals surface area contributed by atoms with Crippen LogP contribution in [0.15, 0.2) is 52.0 Å². The molecule has 6 heteroatoms. The number of ether oxygens (including phenoxy) is 1. The highest BCUT2D eigenvalue weighted by Gasteiger charge is 2.02. The molecular formula is C16H14BrN3OS. The molecular weight excluding hydrogens is 362 g/mol. The van der Waals surface area contributed by atoms with Gasteiger partial charge in [0.05, 0.1) is 27.5 Å². The Hall–Kier alpha value is -1.92. The zero-order valence-corrected chi connectivity index (χ0v) is 14.3. The number of nitrogens with zero attached hydrogens (tertiary/aromatic N) is 2. The van der Waals surface area contributed by atoms with Gasteiger partial charge in [-0.05, 0) is 58.7 Å². The maximum Gasteiger partial charge on any atom is 0.204 e. The summed E-state index contributed by atoms with van der Waals surface area (Å²) in [6.45, 7) is 2.61. The van der Waals surface area contributed by atoms with Crippen LogP contribution in [0.3, 0.4) is 0 Å². The van der Waals surface area contributed by atoms with Crippen LogP contribution < -0.4 is 10.2 Å². The fourth-order valence-corrected chi connectivity index (χ4v) is 3.28. The largest absolute Gasteiger partial charge is 0.493 e. The van der Waals surface area contributed by atoms with Crippen LogP contribution in [-0.4, -0.2) is 17.8 Å². The van der Waals surface area contributed by atoms with Crippen LogP contribution in [0, 0.1) is 0 Å². The number of hydrogen-bond acceptors (Lipinski definition) is 5. The number of halogens is 1. The summed E-state index contributed by atoms with van der Waals surface area (Å²) in [6, 6.07) is 13.9. The van der Waals surface area contributed by atoms with Gasteiger partial charge in [-0.25, -0.2) is 4.98 Å². The molecule has 0 amide bonds. The zero-order valence-electron chi connectivity index (χ0n) is 11.9. The molecule has 1 heterocycles. The SMILES string of the molecule is CCOc1ccc(/C=N\Nc2nc3ccccc3s2)cc1Br. The fourth-order valence-electron chi connectivity index (χ4n) is 1.95. The van der Waals surface area contributed by atoms with E-state index in [0.717, 1.165) is 31.1 Å². The van der Waals surface area contributed by atoms with Gasteiger partial charge < -0.3 is 4.74 Å². The van der Waals surface area contributed by atoms with Crippen molar-refractivity contribution < 1.29 is 4.74 Å². The number of fused-ring (bicyclic) bond motifs is 1. The van der Waals surface area contributed by atoms with Crippen molar-refractivity contribution in [1.29, 1.82) is 0 Å². The number of hydrazone groups is 1. The molecule has 3 rings (SSSR count). The molecule has 1 N–H and O–H groups in total. The number of para-hydroxylation sites is 1. The van der Waals surface area contributed by atoms with E-state index in [1.54, 1.807) is 17.6 Å². The van der Waals surface area contributed by atoms with E-state index >= 15 is 0 Å². The average molecular weight is 376 g/mol. The van der Waals surface area contributed by atoms with Crippen LogP contribution >= 0.6 is 27.3 Å². The summed E-state index contributed by atoms with van der Waals surface area (Å²) >= 11 is 5.07. The van der Waals surface area contributed by atoms with Crippen LogP contribution in [-0.2, 0) is 0 Å². The predicted octanol–water partition coefficient (Wildman–Crippen LogP) is 4.90. The summed E-state index contributed by atoms with van der Waals surface area (Å²) in [7, 11) is 0. The monoisotopic (exact) mass is 375 g/mol. The molecule has 0 saturated carbocycles. The summed E-state index contributed by atoms with van der Waals surface area (Å²) in [5, 5.41) is 5.02. The maximum absolute atomic E-state index is 5.48. The second-order valence-electron chi connectivity index (χ2n) is 4.48. The van der Waals surface area contributed by atoms with Crippen molar-refractivity contribution >= 4 is 48.8 Å². The molecule has 22 heavy (non-hydrogen) atoms. The molecule has 0 bridgehead atoms. The number of aromatic nitrogens is 1. The summed E-state index contributed by atoms with van der Waals surface area (Å²) in [6.07, 6.45) is 1.76. The Balaban J connectivity index is 1.70. The van der Waals surface area contributed by atoms with Crippen molar-refractivity contribution in [2.75, 3.05) is 12.0 Å². The normalized spacial score (nSPS) is 11.2. The second kappa shape index (κ2) is 6.89. The van der Waals surface area contributed by atoms with Gasteiger partial charge in [0.25, 0.3) is 0 Å². The number of hydrogen-bond donors (Lipinski definition) is 1. The van der Waals surface area contributed by atoms with Gasteiger partial charge in [-0.1, -0.05) is 23.5 Å². The van der Waals surface area contributed by atoms with E-state index in [2.05, 4.69) is 31.4 Å². The molecule has 0 atom stereocenters. The zero-order chi connectivity index (χ0) is 15.4. The lowest BCUT2D eigenvalue weighted by molar-refractivity contribution is 0.338. The molecule has 0 spiro atoms. The molecule has 2 aromatic carbocycles. The summed E-state index contributed by atoms with van der Waals surface area (Å²) < 4.78 is 7.54. The van der Waals surface area contributed by atoms with Crippen LogP contribution in [0.25, 0.3) is 10.2 Å². The molecule has 3 aromatic rings. The minimum Gasteiger partial charge on any atom is -0.493 e. The van der Waals surface area contributed by atoms with E-state index in [1.807, 2.05) is 49.4 Å². The molecule has 112 valence electrons. The molecule has 0 aliphatic rings. The van der Waals surface area contributed by atoms with Gasteiger partial charge in [0.2, 0.25) is 5.13 Å². The van der Waals surface area contributed by atoms with Crippen LogP contribution in [0.4, 0.5) is 5.13 Å². The van der Waals surface area contributed by atoms with E-state index in [1.165, 1.54) is 0 Å². The highest BCUT2D eigenvalue weighted by molar-refractivity contribution is 9.10. The van der Waals surface area contributed by atoms with Crippen molar-refractivity contribution in [2.45, 2.75) is 6.92 Å². The Morgan fingerprint density at radius 3 is 2.95 bits per heavy atom. The first-order chi connectivity index (χ1) is 10.8. The Morgan fingerprint density at radius 1 is 1.32 bits per heavy atom. The van der Waals surface area contributed by atoms with E-state index in [-0.39, 0.29) is 0 Å². The number of nitrogens with one attached hydrogen (secondary N) is 1. The van der Waals surface area contributed by atoms with Gasteiger partial charge in [0.1, 0.15) is 5.75 Å². The molecule has 0 saturated heterocycles. The molecule has 1 aromatic heterocycles. The lowest BCUT2D eigenvalue weighted by Gasteiger charge is -2.05. The number of rotatable bonds is 5. The van der Waals surface area contributed by atoms with Gasteiger partial charge >= 0.3 is 0 Å². The first kappa shape index (κ1) is 15.0. The molecule has 0 unspecified atom stereocenters. The third kappa shape index (κ3) is 3.45. The van der Waals surface area contributed by atoms with Crippen LogP contribution in [0.1, 0.15) is 12.5 Å². The Kier molecular flexibility index (Phi) is 4.70. The average Bonchev–Trinajstić information content (AvgIpc) is 2.93. The van der Waals surface area contributed by atoms with E-state index in [4.69, 9.17) is 4.74 Å². The third-order valence-corrected chi connectivity index (χ3v) is 4.48. The van der Waals surface area contributed by atoms with Crippen LogP contribution in [0.2, 0.25) is 0 Å². The van der Waals surface area contributed by atoms with Gasteiger partial charge in [0.15, 0.2) is 0 Å². The first-order valence-corrected chi connectivity index (χ1v) is 8.44. The van der Waals surface area contributed by atoms with Crippen molar-refractivity contribution in [2.24, 2.45) is 5.10 Å². The van der Waals surface area contributed by atoms with Crippen molar-refractivity contribution in [3.63, 3.8) is 0 Å². The predicted molar refractivity (Wildman–Crippen MR) is 96.1 cm³/mol. The topological polar surface area (TPSA) is 46.5 Å². The van der Waals surface area contributed by atoms with E-state index < -0.39 is 0 Å². The number of thiazole rings is 1. The number of benzene rings is 2. The molecule has 0 aliphatic heterocycles. The van der Waals surface area contributed by atoms with E-state index in [0.29, 0.717) is 6.61 Å². The lowest BCUT2D eigenvalue weighted by atomic mass is 10.2. The molecule has 4 nitrogen and oxygen atoms in total. The van der Waals surface area contributed by atoms with Crippen molar-refractivity contribution in [1.82, 2.24) is 4.98 Å². The lowest BCUT2D eigenvalue weighted by Crippen LogP contribution is -1.94. The Labute approximate surface area is 141 Å².